The first-order valence-electron chi connectivity index (χ1n) is 4.16. The average Bonchev–Trinajstić information content (AvgIpc) is 2.57. The highest BCUT2D eigenvalue weighted by atomic mass is 32.1. The molecule has 0 saturated heterocycles. The van der Waals surface area contributed by atoms with Gasteiger partial charge in [-0.3, -0.25) is 3.97 Å². The SMILES string of the molecule is Cc1ccc(-c2cncn2S)cc1F. The molecule has 0 saturated carbocycles. The number of halogens is 1. The molecule has 72 valence electrons. The Kier molecular flexibility index (Phi) is 2.29. The van der Waals surface area contributed by atoms with Gasteiger partial charge in [-0.1, -0.05) is 24.9 Å². The molecule has 14 heavy (non-hydrogen) atoms. The molecule has 2 nitrogen and oxygen atoms in total. The van der Waals surface area contributed by atoms with Gasteiger partial charge in [0.15, 0.2) is 0 Å². The minimum atomic E-state index is -0.211. The van der Waals surface area contributed by atoms with Gasteiger partial charge in [0.25, 0.3) is 0 Å². The fourth-order valence-corrected chi connectivity index (χ4v) is 1.47. The molecule has 0 spiro atoms. The topological polar surface area (TPSA) is 17.8 Å². The lowest BCUT2D eigenvalue weighted by molar-refractivity contribution is 0.619. The number of aryl methyl sites for hydroxylation is 1. The van der Waals surface area contributed by atoms with E-state index in [1.165, 1.54) is 6.07 Å². The molecule has 0 fully saturated rings. The second-order valence-electron chi connectivity index (χ2n) is 3.09. The van der Waals surface area contributed by atoms with E-state index < -0.39 is 0 Å². The summed E-state index contributed by atoms with van der Waals surface area (Å²) in [4.78, 5) is 3.91. The van der Waals surface area contributed by atoms with Crippen molar-refractivity contribution in [3.8, 4) is 11.3 Å². The number of nitrogens with zero attached hydrogens (tertiary/aromatic N) is 2. The van der Waals surface area contributed by atoms with E-state index in [9.17, 15) is 4.39 Å². The normalized spacial score (nSPS) is 10.5. The van der Waals surface area contributed by atoms with Crippen LogP contribution in [0.1, 0.15) is 5.56 Å². The van der Waals surface area contributed by atoms with Crippen LogP contribution < -0.4 is 0 Å². The molecular formula is C10H9FN2S. The van der Waals surface area contributed by atoms with Crippen LogP contribution in [0.3, 0.4) is 0 Å². The second kappa shape index (κ2) is 3.46. The predicted molar refractivity (Wildman–Crippen MR) is 56.7 cm³/mol. The van der Waals surface area contributed by atoms with Crippen molar-refractivity contribution in [3.05, 3.63) is 42.1 Å². The van der Waals surface area contributed by atoms with E-state index in [0.717, 1.165) is 11.3 Å². The van der Waals surface area contributed by atoms with Crippen molar-refractivity contribution in [2.45, 2.75) is 6.92 Å². The fraction of sp³-hybridized carbons (Fsp3) is 0.100. The Morgan fingerprint density at radius 2 is 2.21 bits per heavy atom. The van der Waals surface area contributed by atoms with Crippen LogP contribution in [0.5, 0.6) is 0 Å². The Morgan fingerprint density at radius 3 is 2.79 bits per heavy atom. The summed E-state index contributed by atoms with van der Waals surface area (Å²) in [5.74, 6) is -0.211. The molecule has 1 heterocycles. The van der Waals surface area contributed by atoms with Crippen LogP contribution in [-0.4, -0.2) is 8.96 Å². The zero-order valence-electron chi connectivity index (χ0n) is 7.61. The highest BCUT2D eigenvalue weighted by molar-refractivity contribution is 7.78. The molecule has 0 radical (unpaired) electrons. The monoisotopic (exact) mass is 208 g/mol. The standard InChI is InChI=1S/C10H9FN2S/c1-7-2-3-8(4-9(7)11)10-5-12-6-13(10)14/h2-6,14H,1H3. The molecule has 0 amide bonds. The van der Waals surface area contributed by atoms with Gasteiger partial charge in [-0.05, 0) is 18.6 Å². The minimum absolute atomic E-state index is 0.211. The van der Waals surface area contributed by atoms with Crippen molar-refractivity contribution in [2.24, 2.45) is 0 Å². The summed E-state index contributed by atoms with van der Waals surface area (Å²) >= 11 is 4.15. The van der Waals surface area contributed by atoms with E-state index in [0.29, 0.717) is 5.56 Å². The van der Waals surface area contributed by atoms with Crippen molar-refractivity contribution < 1.29 is 4.39 Å². The third-order valence-corrected chi connectivity index (χ3v) is 2.41. The smallest absolute Gasteiger partial charge is 0.126 e. The molecule has 1 aromatic carbocycles. The lowest BCUT2D eigenvalue weighted by Gasteiger charge is -2.02. The summed E-state index contributed by atoms with van der Waals surface area (Å²) in [6.45, 7) is 1.73. The van der Waals surface area contributed by atoms with Crippen molar-refractivity contribution in [2.75, 3.05) is 0 Å². The number of imidazole rings is 1. The fourth-order valence-electron chi connectivity index (χ4n) is 1.25. The summed E-state index contributed by atoms with van der Waals surface area (Å²) in [5, 5.41) is 0. The maximum atomic E-state index is 13.2. The van der Waals surface area contributed by atoms with Crippen LogP contribution in [0.15, 0.2) is 30.7 Å². The van der Waals surface area contributed by atoms with Gasteiger partial charge in [0.1, 0.15) is 12.1 Å². The van der Waals surface area contributed by atoms with E-state index in [-0.39, 0.29) is 5.82 Å². The molecule has 2 aromatic rings. The minimum Gasteiger partial charge on any atom is -0.275 e. The third kappa shape index (κ3) is 1.53. The van der Waals surface area contributed by atoms with E-state index >= 15 is 0 Å². The van der Waals surface area contributed by atoms with Gasteiger partial charge in [-0.15, -0.1) is 0 Å². The Hall–Kier alpha value is -1.29. The summed E-state index contributed by atoms with van der Waals surface area (Å²) in [6, 6.07) is 5.08. The van der Waals surface area contributed by atoms with Crippen LogP contribution in [0.25, 0.3) is 11.3 Å². The van der Waals surface area contributed by atoms with Gasteiger partial charge in [-0.25, -0.2) is 9.37 Å². The van der Waals surface area contributed by atoms with Crippen molar-refractivity contribution in [1.82, 2.24) is 8.96 Å². The zero-order chi connectivity index (χ0) is 10.1. The van der Waals surface area contributed by atoms with E-state index in [1.807, 2.05) is 6.07 Å². The molecule has 0 N–H and O–H groups in total. The zero-order valence-corrected chi connectivity index (χ0v) is 8.50. The van der Waals surface area contributed by atoms with E-state index in [4.69, 9.17) is 0 Å². The van der Waals surface area contributed by atoms with Crippen LogP contribution in [0.4, 0.5) is 4.39 Å². The van der Waals surface area contributed by atoms with Gasteiger partial charge < -0.3 is 0 Å². The van der Waals surface area contributed by atoms with Gasteiger partial charge in [0.05, 0.1) is 11.9 Å². The number of hydrogen-bond acceptors (Lipinski definition) is 2. The Balaban J connectivity index is 2.53. The average molecular weight is 208 g/mol. The molecule has 0 bridgehead atoms. The van der Waals surface area contributed by atoms with Crippen molar-refractivity contribution in [3.63, 3.8) is 0 Å². The predicted octanol–water partition coefficient (Wildman–Crippen LogP) is 2.69. The Bertz CT molecular complexity index is 465. The molecule has 0 aliphatic heterocycles. The number of rotatable bonds is 1. The van der Waals surface area contributed by atoms with Gasteiger partial charge in [0.2, 0.25) is 0 Å². The maximum absolute atomic E-state index is 13.2. The first-order valence-corrected chi connectivity index (χ1v) is 4.56. The highest BCUT2D eigenvalue weighted by Crippen LogP contribution is 2.21. The number of thiol groups is 1. The van der Waals surface area contributed by atoms with Crippen molar-refractivity contribution in [1.29, 1.82) is 0 Å². The molecule has 1 aromatic heterocycles. The summed E-state index contributed by atoms with van der Waals surface area (Å²) < 4.78 is 14.8. The molecule has 0 unspecified atom stereocenters. The van der Waals surface area contributed by atoms with Gasteiger partial charge in [-0.2, -0.15) is 0 Å². The van der Waals surface area contributed by atoms with Crippen LogP contribution >= 0.6 is 12.8 Å². The molecule has 4 heteroatoms. The van der Waals surface area contributed by atoms with Crippen LogP contribution in [0.2, 0.25) is 0 Å². The molecule has 0 aliphatic carbocycles. The number of benzene rings is 1. The molecule has 0 aliphatic rings. The third-order valence-electron chi connectivity index (χ3n) is 2.09. The van der Waals surface area contributed by atoms with E-state index in [2.05, 4.69) is 17.8 Å². The van der Waals surface area contributed by atoms with Crippen LogP contribution in [-0.2, 0) is 0 Å². The van der Waals surface area contributed by atoms with Crippen molar-refractivity contribution >= 4 is 12.8 Å². The second-order valence-corrected chi connectivity index (χ2v) is 3.52. The quantitative estimate of drug-likeness (QED) is 0.713. The van der Waals surface area contributed by atoms with Gasteiger partial charge in [0, 0.05) is 5.56 Å². The maximum Gasteiger partial charge on any atom is 0.126 e. The van der Waals surface area contributed by atoms with E-state index in [1.54, 1.807) is 29.5 Å². The first kappa shape index (κ1) is 9.27. The summed E-state index contributed by atoms with van der Waals surface area (Å²) in [7, 11) is 0. The Labute approximate surface area is 86.9 Å². The lowest BCUT2D eigenvalue weighted by Crippen LogP contribution is -1.87. The summed E-state index contributed by atoms with van der Waals surface area (Å²) in [6.07, 6.45) is 3.22. The first-order chi connectivity index (χ1) is 6.68. The van der Waals surface area contributed by atoms with Gasteiger partial charge >= 0.3 is 0 Å². The van der Waals surface area contributed by atoms with Crippen LogP contribution in [0, 0.1) is 12.7 Å². The number of hydrogen-bond donors (Lipinski definition) is 1. The molecule has 0 atom stereocenters. The number of aromatic nitrogens is 2. The highest BCUT2D eigenvalue weighted by Gasteiger charge is 2.05. The summed E-state index contributed by atoms with van der Waals surface area (Å²) in [5.41, 5.74) is 2.20. The lowest BCUT2D eigenvalue weighted by atomic mass is 10.1. The largest absolute Gasteiger partial charge is 0.275 e. The Morgan fingerprint density at radius 1 is 1.43 bits per heavy atom. The molecule has 2 rings (SSSR count). The molecular weight excluding hydrogens is 199 g/mol.